The highest BCUT2D eigenvalue weighted by Crippen LogP contribution is 2.34. The molecule has 17 heavy (non-hydrogen) atoms. The van der Waals surface area contributed by atoms with Gasteiger partial charge in [-0.25, -0.2) is 0 Å². The molecule has 2 rings (SSSR count). The van der Waals surface area contributed by atoms with E-state index < -0.39 is 0 Å². The van der Waals surface area contributed by atoms with Crippen molar-refractivity contribution in [1.82, 2.24) is 10.2 Å². The second-order valence-electron chi connectivity index (χ2n) is 3.96. The standard InChI is InChI=1S/C13H16N2O2/c1-8-5-12(16-3)13(17-4)7-10(8)11-6-9(2)14-15-11/h5-7H,1-4H3,(H,14,15). The third-order valence-corrected chi connectivity index (χ3v) is 2.71. The number of methoxy groups -OCH3 is 2. The van der Waals surface area contributed by atoms with Gasteiger partial charge >= 0.3 is 0 Å². The monoisotopic (exact) mass is 232 g/mol. The fraction of sp³-hybridized carbons (Fsp3) is 0.308. The molecule has 0 radical (unpaired) electrons. The summed E-state index contributed by atoms with van der Waals surface area (Å²) >= 11 is 0. The van der Waals surface area contributed by atoms with Crippen LogP contribution in [0.15, 0.2) is 18.2 Å². The Morgan fingerprint density at radius 3 is 2.18 bits per heavy atom. The summed E-state index contributed by atoms with van der Waals surface area (Å²) in [6.45, 7) is 4.01. The van der Waals surface area contributed by atoms with Gasteiger partial charge in [-0.15, -0.1) is 0 Å². The Balaban J connectivity index is 2.55. The smallest absolute Gasteiger partial charge is 0.161 e. The highest BCUT2D eigenvalue weighted by molar-refractivity contribution is 5.68. The average molecular weight is 232 g/mol. The minimum atomic E-state index is 0.716. The number of H-pyrrole nitrogens is 1. The van der Waals surface area contributed by atoms with E-state index in [1.807, 2.05) is 32.0 Å². The predicted octanol–water partition coefficient (Wildman–Crippen LogP) is 2.71. The van der Waals surface area contributed by atoms with Gasteiger partial charge in [0.05, 0.1) is 19.9 Å². The highest BCUT2D eigenvalue weighted by atomic mass is 16.5. The van der Waals surface area contributed by atoms with Gasteiger partial charge in [-0.2, -0.15) is 5.10 Å². The second-order valence-corrected chi connectivity index (χ2v) is 3.96. The van der Waals surface area contributed by atoms with Crippen LogP contribution < -0.4 is 9.47 Å². The van der Waals surface area contributed by atoms with Crippen molar-refractivity contribution in [3.8, 4) is 22.8 Å². The van der Waals surface area contributed by atoms with Crippen LogP contribution in [0.3, 0.4) is 0 Å². The summed E-state index contributed by atoms with van der Waals surface area (Å²) in [4.78, 5) is 0. The molecule has 0 bridgehead atoms. The molecule has 2 aromatic rings. The van der Waals surface area contributed by atoms with Crippen molar-refractivity contribution >= 4 is 0 Å². The molecule has 4 nitrogen and oxygen atoms in total. The molecule has 0 spiro atoms. The Morgan fingerprint density at radius 1 is 1.00 bits per heavy atom. The molecule has 0 fully saturated rings. The van der Waals surface area contributed by atoms with E-state index in [1.165, 1.54) is 0 Å². The summed E-state index contributed by atoms with van der Waals surface area (Å²) in [5, 5.41) is 7.19. The van der Waals surface area contributed by atoms with Crippen molar-refractivity contribution in [1.29, 1.82) is 0 Å². The van der Waals surface area contributed by atoms with Crippen molar-refractivity contribution in [2.24, 2.45) is 0 Å². The fourth-order valence-electron chi connectivity index (χ4n) is 1.81. The summed E-state index contributed by atoms with van der Waals surface area (Å²) in [7, 11) is 3.27. The number of ether oxygens (including phenoxy) is 2. The van der Waals surface area contributed by atoms with Crippen molar-refractivity contribution in [2.75, 3.05) is 14.2 Å². The van der Waals surface area contributed by atoms with Gasteiger partial charge in [-0.05, 0) is 37.6 Å². The first-order chi connectivity index (χ1) is 8.15. The van der Waals surface area contributed by atoms with Gasteiger partial charge in [-0.3, -0.25) is 5.10 Å². The van der Waals surface area contributed by atoms with Crippen LogP contribution in [-0.4, -0.2) is 24.4 Å². The number of hydrogen-bond donors (Lipinski definition) is 1. The second kappa shape index (κ2) is 4.49. The van der Waals surface area contributed by atoms with Crippen LogP contribution in [0.25, 0.3) is 11.3 Å². The molecule has 0 saturated heterocycles. The van der Waals surface area contributed by atoms with Crippen LogP contribution >= 0.6 is 0 Å². The van der Waals surface area contributed by atoms with Crippen LogP contribution in [-0.2, 0) is 0 Å². The first-order valence-electron chi connectivity index (χ1n) is 5.40. The predicted molar refractivity (Wildman–Crippen MR) is 66.6 cm³/mol. The van der Waals surface area contributed by atoms with E-state index >= 15 is 0 Å². The van der Waals surface area contributed by atoms with E-state index in [9.17, 15) is 0 Å². The number of aromatic amines is 1. The van der Waals surface area contributed by atoms with E-state index in [0.717, 1.165) is 28.3 Å². The van der Waals surface area contributed by atoms with Crippen molar-refractivity contribution in [2.45, 2.75) is 13.8 Å². The lowest BCUT2D eigenvalue weighted by Gasteiger charge is -2.11. The van der Waals surface area contributed by atoms with Crippen LogP contribution in [0.2, 0.25) is 0 Å². The van der Waals surface area contributed by atoms with E-state index in [0.29, 0.717) is 5.75 Å². The number of rotatable bonds is 3. The molecule has 1 aromatic carbocycles. The largest absolute Gasteiger partial charge is 0.493 e. The number of aromatic nitrogens is 2. The molecule has 0 aliphatic carbocycles. The Hall–Kier alpha value is -1.97. The summed E-state index contributed by atoms with van der Waals surface area (Å²) in [6, 6.07) is 5.91. The van der Waals surface area contributed by atoms with E-state index in [2.05, 4.69) is 10.2 Å². The Morgan fingerprint density at radius 2 is 1.65 bits per heavy atom. The summed E-state index contributed by atoms with van der Waals surface area (Å²) in [5.74, 6) is 1.45. The number of hydrogen-bond acceptors (Lipinski definition) is 3. The maximum atomic E-state index is 5.30. The van der Waals surface area contributed by atoms with Gasteiger partial charge in [0.2, 0.25) is 0 Å². The lowest BCUT2D eigenvalue weighted by atomic mass is 10.0. The minimum absolute atomic E-state index is 0.716. The number of benzene rings is 1. The van der Waals surface area contributed by atoms with E-state index in [-0.39, 0.29) is 0 Å². The lowest BCUT2D eigenvalue weighted by molar-refractivity contribution is 0.355. The molecule has 0 unspecified atom stereocenters. The molecular weight excluding hydrogens is 216 g/mol. The number of aryl methyl sites for hydroxylation is 2. The maximum Gasteiger partial charge on any atom is 0.161 e. The Labute approximate surface area is 101 Å². The van der Waals surface area contributed by atoms with Crippen LogP contribution in [0, 0.1) is 13.8 Å². The SMILES string of the molecule is COc1cc(C)c(-c2cc(C)[nH]n2)cc1OC. The van der Waals surface area contributed by atoms with Crippen molar-refractivity contribution < 1.29 is 9.47 Å². The van der Waals surface area contributed by atoms with Gasteiger partial charge in [0.15, 0.2) is 11.5 Å². The zero-order valence-electron chi connectivity index (χ0n) is 10.5. The molecule has 0 saturated carbocycles. The average Bonchev–Trinajstić information content (AvgIpc) is 2.75. The third-order valence-electron chi connectivity index (χ3n) is 2.71. The molecule has 90 valence electrons. The van der Waals surface area contributed by atoms with Crippen LogP contribution in [0.5, 0.6) is 11.5 Å². The summed E-state index contributed by atoms with van der Waals surface area (Å²) in [6.07, 6.45) is 0. The van der Waals surface area contributed by atoms with Crippen LogP contribution in [0.1, 0.15) is 11.3 Å². The molecule has 1 aromatic heterocycles. The zero-order valence-corrected chi connectivity index (χ0v) is 10.5. The minimum Gasteiger partial charge on any atom is -0.493 e. The Bertz CT molecular complexity index is 532. The molecule has 0 atom stereocenters. The number of nitrogens with zero attached hydrogens (tertiary/aromatic N) is 1. The summed E-state index contributed by atoms with van der Waals surface area (Å²) in [5.41, 5.74) is 4.11. The normalized spacial score (nSPS) is 10.4. The third kappa shape index (κ3) is 2.11. The molecule has 0 amide bonds. The molecule has 4 heteroatoms. The highest BCUT2D eigenvalue weighted by Gasteiger charge is 2.11. The fourth-order valence-corrected chi connectivity index (χ4v) is 1.81. The molecule has 1 N–H and O–H groups in total. The topological polar surface area (TPSA) is 47.1 Å². The summed E-state index contributed by atoms with van der Waals surface area (Å²) < 4.78 is 10.6. The van der Waals surface area contributed by atoms with Gasteiger partial charge in [-0.1, -0.05) is 0 Å². The first kappa shape index (κ1) is 11.5. The van der Waals surface area contributed by atoms with Crippen LogP contribution in [0.4, 0.5) is 0 Å². The van der Waals surface area contributed by atoms with Gasteiger partial charge in [0.25, 0.3) is 0 Å². The first-order valence-corrected chi connectivity index (χ1v) is 5.40. The molecular formula is C13H16N2O2. The molecule has 0 aliphatic rings. The van der Waals surface area contributed by atoms with Crippen molar-refractivity contribution in [3.05, 3.63) is 29.5 Å². The van der Waals surface area contributed by atoms with E-state index in [1.54, 1.807) is 14.2 Å². The quantitative estimate of drug-likeness (QED) is 0.885. The van der Waals surface area contributed by atoms with Crippen molar-refractivity contribution in [3.63, 3.8) is 0 Å². The van der Waals surface area contributed by atoms with Gasteiger partial charge in [0, 0.05) is 11.3 Å². The lowest BCUT2D eigenvalue weighted by Crippen LogP contribution is -1.93. The van der Waals surface area contributed by atoms with Gasteiger partial charge in [0.1, 0.15) is 0 Å². The maximum absolute atomic E-state index is 5.30. The number of nitrogens with one attached hydrogen (secondary N) is 1. The van der Waals surface area contributed by atoms with Gasteiger partial charge < -0.3 is 9.47 Å². The Kier molecular flexibility index (Phi) is 3.04. The van der Waals surface area contributed by atoms with E-state index in [4.69, 9.17) is 9.47 Å². The molecule has 0 aliphatic heterocycles. The molecule has 1 heterocycles. The zero-order chi connectivity index (χ0) is 12.4.